The van der Waals surface area contributed by atoms with Gasteiger partial charge in [-0.25, -0.2) is 9.37 Å². The van der Waals surface area contributed by atoms with Crippen molar-refractivity contribution in [1.82, 2.24) is 19.5 Å². The summed E-state index contributed by atoms with van der Waals surface area (Å²) < 4.78 is 18.5. The normalized spacial score (nSPS) is 13.0. The molecule has 98 valence electrons. The highest BCUT2D eigenvalue weighted by atomic mass is 19.1. The van der Waals surface area contributed by atoms with Gasteiger partial charge in [0.15, 0.2) is 11.2 Å². The lowest BCUT2D eigenvalue weighted by atomic mass is 10.4. The summed E-state index contributed by atoms with van der Waals surface area (Å²) in [6.07, 6.45) is 0.190. The molecule has 0 saturated heterocycles. The van der Waals surface area contributed by atoms with Crippen LogP contribution in [-0.2, 0) is 11.5 Å². The fraction of sp³-hybridized carbons (Fsp3) is 0.444. The standard InChI is InChI=1S/C9H12FN5O3/c10-1-5(16)2-18-4-15-3-12-6-7(15)13-9(11)14-8(6)17/h3,5,16H,1-2,4H2,(H3,11,13,14,17). The van der Waals surface area contributed by atoms with Crippen LogP contribution in [0.25, 0.3) is 11.2 Å². The van der Waals surface area contributed by atoms with Crippen LogP contribution in [0.15, 0.2) is 11.1 Å². The molecule has 0 saturated carbocycles. The van der Waals surface area contributed by atoms with Crippen LogP contribution in [0.5, 0.6) is 0 Å². The van der Waals surface area contributed by atoms with E-state index in [2.05, 4.69) is 15.0 Å². The molecule has 0 radical (unpaired) electrons. The third kappa shape index (κ3) is 2.46. The Balaban J connectivity index is 2.17. The molecule has 0 aliphatic carbocycles. The van der Waals surface area contributed by atoms with E-state index in [1.807, 2.05) is 0 Å². The first-order valence-corrected chi connectivity index (χ1v) is 5.14. The van der Waals surface area contributed by atoms with Crippen molar-refractivity contribution < 1.29 is 14.2 Å². The first-order chi connectivity index (χ1) is 8.61. The van der Waals surface area contributed by atoms with Crippen molar-refractivity contribution in [3.05, 3.63) is 16.7 Å². The lowest BCUT2D eigenvalue weighted by Crippen LogP contribution is -2.18. The summed E-state index contributed by atoms with van der Waals surface area (Å²) in [5.41, 5.74) is 5.38. The molecule has 18 heavy (non-hydrogen) atoms. The van der Waals surface area contributed by atoms with Gasteiger partial charge in [0.2, 0.25) is 5.95 Å². The van der Waals surface area contributed by atoms with Gasteiger partial charge in [-0.15, -0.1) is 0 Å². The zero-order chi connectivity index (χ0) is 13.1. The molecule has 9 heteroatoms. The quantitative estimate of drug-likeness (QED) is 0.632. The van der Waals surface area contributed by atoms with E-state index in [1.54, 1.807) is 0 Å². The summed E-state index contributed by atoms with van der Waals surface area (Å²) >= 11 is 0. The SMILES string of the molecule is Nc1nc2c(ncn2COCC(O)CF)c(=O)[nH]1. The molecule has 1 atom stereocenters. The van der Waals surface area contributed by atoms with Crippen LogP contribution < -0.4 is 11.3 Å². The molecule has 0 amide bonds. The molecule has 0 aliphatic rings. The highest BCUT2D eigenvalue weighted by Crippen LogP contribution is 2.06. The number of ether oxygens (including phenoxy) is 1. The Morgan fingerprint density at radius 2 is 2.44 bits per heavy atom. The second-order valence-corrected chi connectivity index (χ2v) is 3.65. The van der Waals surface area contributed by atoms with Gasteiger partial charge in [0.05, 0.1) is 12.9 Å². The van der Waals surface area contributed by atoms with Crippen LogP contribution in [0, 0.1) is 0 Å². The number of imidazole rings is 1. The zero-order valence-corrected chi connectivity index (χ0v) is 9.34. The second-order valence-electron chi connectivity index (χ2n) is 3.65. The maximum Gasteiger partial charge on any atom is 0.280 e. The number of rotatable bonds is 5. The Kier molecular flexibility index (Phi) is 3.53. The first-order valence-electron chi connectivity index (χ1n) is 5.14. The number of alkyl halides is 1. The summed E-state index contributed by atoms with van der Waals surface area (Å²) in [4.78, 5) is 21.6. The summed E-state index contributed by atoms with van der Waals surface area (Å²) in [5.74, 6) is -0.0296. The summed E-state index contributed by atoms with van der Waals surface area (Å²) in [7, 11) is 0. The predicted molar refractivity (Wildman–Crippen MR) is 60.5 cm³/mol. The van der Waals surface area contributed by atoms with Crippen LogP contribution >= 0.6 is 0 Å². The Morgan fingerprint density at radius 3 is 3.17 bits per heavy atom. The zero-order valence-electron chi connectivity index (χ0n) is 9.34. The van der Waals surface area contributed by atoms with Crippen LogP contribution in [-0.4, -0.2) is 44.0 Å². The number of aliphatic hydroxyl groups excluding tert-OH is 1. The molecule has 0 aromatic carbocycles. The molecule has 2 aromatic heterocycles. The largest absolute Gasteiger partial charge is 0.388 e. The molecule has 2 heterocycles. The minimum absolute atomic E-state index is 0.0105. The van der Waals surface area contributed by atoms with Gasteiger partial charge in [0.25, 0.3) is 5.56 Å². The number of nitrogen functional groups attached to an aromatic ring is 1. The van der Waals surface area contributed by atoms with Gasteiger partial charge in [-0.05, 0) is 0 Å². The van der Waals surface area contributed by atoms with Crippen LogP contribution in [0.4, 0.5) is 10.3 Å². The van der Waals surface area contributed by atoms with E-state index in [9.17, 15) is 9.18 Å². The van der Waals surface area contributed by atoms with Crippen LogP contribution in [0.3, 0.4) is 0 Å². The number of halogens is 1. The van der Waals surface area contributed by atoms with Gasteiger partial charge in [-0.1, -0.05) is 0 Å². The number of fused-ring (bicyclic) bond motifs is 1. The number of H-pyrrole nitrogens is 1. The number of aliphatic hydroxyl groups is 1. The number of anilines is 1. The van der Waals surface area contributed by atoms with Crippen molar-refractivity contribution in [2.24, 2.45) is 0 Å². The van der Waals surface area contributed by atoms with Gasteiger partial charge >= 0.3 is 0 Å². The third-order valence-corrected chi connectivity index (χ3v) is 2.21. The summed E-state index contributed by atoms with van der Waals surface area (Å²) in [6, 6.07) is 0. The van der Waals surface area contributed by atoms with Gasteiger partial charge in [-0.3, -0.25) is 14.3 Å². The Bertz CT molecular complexity index is 595. The summed E-state index contributed by atoms with van der Waals surface area (Å²) in [6.45, 7) is -1.05. The molecule has 0 spiro atoms. The smallest absolute Gasteiger partial charge is 0.280 e. The van der Waals surface area contributed by atoms with Gasteiger partial charge in [0.1, 0.15) is 19.5 Å². The van der Waals surface area contributed by atoms with E-state index in [4.69, 9.17) is 15.6 Å². The monoisotopic (exact) mass is 257 g/mol. The van der Waals surface area contributed by atoms with Crippen molar-refractivity contribution in [2.75, 3.05) is 19.0 Å². The predicted octanol–water partition coefficient (Wildman–Crippen LogP) is -0.994. The van der Waals surface area contributed by atoms with Crippen molar-refractivity contribution in [2.45, 2.75) is 12.8 Å². The van der Waals surface area contributed by atoms with E-state index in [1.165, 1.54) is 10.9 Å². The molecule has 0 aliphatic heterocycles. The second kappa shape index (κ2) is 5.10. The molecule has 2 aromatic rings. The van der Waals surface area contributed by atoms with Gasteiger partial charge in [-0.2, -0.15) is 4.98 Å². The van der Waals surface area contributed by atoms with Crippen LogP contribution in [0.2, 0.25) is 0 Å². The molecule has 0 fully saturated rings. The Labute approximate surface area is 100 Å². The van der Waals surface area contributed by atoms with E-state index < -0.39 is 18.3 Å². The fourth-order valence-electron chi connectivity index (χ4n) is 1.40. The molecule has 2 rings (SSSR count). The highest BCUT2D eigenvalue weighted by Gasteiger charge is 2.09. The highest BCUT2D eigenvalue weighted by molar-refractivity contribution is 5.70. The van der Waals surface area contributed by atoms with E-state index in [0.717, 1.165) is 0 Å². The fourth-order valence-corrected chi connectivity index (χ4v) is 1.40. The average Bonchev–Trinajstić information content (AvgIpc) is 2.72. The van der Waals surface area contributed by atoms with Crippen molar-refractivity contribution in [3.63, 3.8) is 0 Å². The number of nitrogens with one attached hydrogen (secondary N) is 1. The molecular weight excluding hydrogens is 245 g/mol. The molecule has 8 nitrogen and oxygen atoms in total. The third-order valence-electron chi connectivity index (χ3n) is 2.21. The minimum Gasteiger partial charge on any atom is -0.388 e. The number of aromatic nitrogens is 4. The number of nitrogens with two attached hydrogens (primary N) is 1. The Morgan fingerprint density at radius 1 is 1.67 bits per heavy atom. The lowest BCUT2D eigenvalue weighted by molar-refractivity contribution is -0.00282. The lowest BCUT2D eigenvalue weighted by Gasteiger charge is -2.08. The number of nitrogens with zero attached hydrogens (tertiary/aromatic N) is 3. The van der Waals surface area contributed by atoms with Crippen molar-refractivity contribution in [1.29, 1.82) is 0 Å². The minimum atomic E-state index is -1.17. The molecule has 0 bridgehead atoms. The molecule has 4 N–H and O–H groups in total. The average molecular weight is 257 g/mol. The Hall–Kier alpha value is -2.00. The van der Waals surface area contributed by atoms with Crippen LogP contribution in [0.1, 0.15) is 0 Å². The summed E-state index contributed by atoms with van der Waals surface area (Å²) in [5, 5.41) is 8.97. The number of aromatic amines is 1. The number of hydrogen-bond acceptors (Lipinski definition) is 6. The van der Waals surface area contributed by atoms with Crippen molar-refractivity contribution in [3.8, 4) is 0 Å². The van der Waals surface area contributed by atoms with E-state index in [-0.39, 0.29) is 30.4 Å². The maximum atomic E-state index is 12.0. The van der Waals surface area contributed by atoms with Gasteiger partial charge < -0.3 is 15.6 Å². The molecule has 1 unspecified atom stereocenters. The topological polar surface area (TPSA) is 119 Å². The number of hydrogen-bond donors (Lipinski definition) is 3. The van der Waals surface area contributed by atoms with Crippen molar-refractivity contribution >= 4 is 17.1 Å². The first kappa shape index (κ1) is 12.5. The molecular formula is C9H12FN5O3. The van der Waals surface area contributed by atoms with Gasteiger partial charge in [0, 0.05) is 0 Å². The maximum absolute atomic E-state index is 12.0. The van der Waals surface area contributed by atoms with E-state index >= 15 is 0 Å². The van der Waals surface area contributed by atoms with E-state index in [0.29, 0.717) is 0 Å².